The highest BCUT2D eigenvalue weighted by Gasteiger charge is 2.50. The summed E-state index contributed by atoms with van der Waals surface area (Å²) in [4.78, 5) is 41.8. The Hall–Kier alpha value is -2.21. The molecule has 11 nitrogen and oxygen atoms in total. The first-order valence-electron chi connectivity index (χ1n) is 19.5. The summed E-state index contributed by atoms with van der Waals surface area (Å²) < 4.78 is 13.7. The van der Waals surface area contributed by atoms with E-state index >= 15 is 0 Å². The predicted molar refractivity (Wildman–Crippen MR) is 192 cm³/mol. The molecule has 4 N–H and O–H groups in total. The minimum absolute atomic E-state index is 0.0698. The molecule has 274 valence electrons. The van der Waals surface area contributed by atoms with E-state index in [0.29, 0.717) is 37.0 Å². The van der Waals surface area contributed by atoms with Gasteiger partial charge in [0.15, 0.2) is 5.03 Å². The standard InChI is InChI=1S/C36H66BN5O6/c1-4-5-6-7-8-9-16-23-31(43)26-30(22-17-24-39-36(38)41-42(45)46)35(44)40-32(25-27(2)3)37-47-33(28-18-12-10-13-19-28)34(48-37)29-20-14-11-15-21-29/h27-30,32-34H,4-26H2,1-3H3,(H,40,44)(H3,38,39,41)/t30-,32+,33-,34-/m1/s1. The lowest BCUT2D eigenvalue weighted by Gasteiger charge is -2.35. The zero-order chi connectivity index (χ0) is 34.7. The van der Waals surface area contributed by atoms with Gasteiger partial charge < -0.3 is 20.4 Å². The monoisotopic (exact) mass is 676 g/mol. The molecule has 3 aliphatic rings. The second kappa shape index (κ2) is 22.5. The second-order valence-corrected chi connectivity index (χ2v) is 15.2. The number of aliphatic imine (C=N–C) groups is 1. The maximum absolute atomic E-state index is 14.0. The molecule has 0 aromatic carbocycles. The molecule has 4 atom stereocenters. The molecule has 0 spiro atoms. The quantitative estimate of drug-likeness (QED) is 0.0274. The zero-order valence-corrected chi connectivity index (χ0v) is 30.3. The summed E-state index contributed by atoms with van der Waals surface area (Å²) >= 11 is 0. The number of unbranched alkanes of at least 4 members (excludes halogenated alkanes) is 6. The minimum Gasteiger partial charge on any atom is -0.404 e. The molecule has 0 bridgehead atoms. The van der Waals surface area contributed by atoms with Gasteiger partial charge in [-0.3, -0.25) is 9.59 Å². The topological polar surface area (TPSA) is 158 Å². The van der Waals surface area contributed by atoms with Gasteiger partial charge in [0.1, 0.15) is 5.78 Å². The Kier molecular flexibility index (Phi) is 18.9. The number of guanidine groups is 1. The van der Waals surface area contributed by atoms with Crippen molar-refractivity contribution in [1.29, 1.82) is 0 Å². The maximum atomic E-state index is 14.0. The normalized spacial score (nSPS) is 22.5. The van der Waals surface area contributed by atoms with E-state index in [2.05, 4.69) is 31.1 Å². The second-order valence-electron chi connectivity index (χ2n) is 15.2. The van der Waals surface area contributed by atoms with Crippen molar-refractivity contribution in [2.75, 3.05) is 6.54 Å². The molecule has 1 saturated heterocycles. The van der Waals surface area contributed by atoms with E-state index in [1.807, 2.05) is 5.43 Å². The van der Waals surface area contributed by atoms with Crippen molar-refractivity contribution in [2.24, 2.45) is 34.4 Å². The maximum Gasteiger partial charge on any atom is 0.481 e. The SMILES string of the molecule is CCCCCCCCCC(=O)C[C@@H](CCCN=C(N)N[N+](=O)[O-])C(=O)N[C@@H](CC(C)C)B1O[C@H](C2CCCCC2)[C@@H](C2CCCCC2)O1. The average Bonchev–Trinajstić information content (AvgIpc) is 3.51. The number of hydrogen-bond donors (Lipinski definition) is 3. The molecule has 48 heavy (non-hydrogen) atoms. The summed E-state index contributed by atoms with van der Waals surface area (Å²) in [5.41, 5.74) is 7.44. The van der Waals surface area contributed by atoms with Gasteiger partial charge in [0.25, 0.3) is 5.96 Å². The zero-order valence-electron chi connectivity index (χ0n) is 30.3. The number of Topliss-reactive ketones (excluding diaryl/α,β-unsaturated/α-hetero) is 1. The Balaban J connectivity index is 1.67. The summed E-state index contributed by atoms with van der Waals surface area (Å²) in [6.07, 6.45) is 22.6. The first-order chi connectivity index (χ1) is 23.2. The molecule has 12 heteroatoms. The molecule has 3 rings (SSSR count). The number of carbonyl (C=O) groups is 2. The number of rotatable bonds is 22. The number of nitrogens with zero attached hydrogens (tertiary/aromatic N) is 2. The van der Waals surface area contributed by atoms with Crippen LogP contribution in [0.3, 0.4) is 0 Å². The number of nitro groups is 1. The van der Waals surface area contributed by atoms with Crippen molar-refractivity contribution in [3.8, 4) is 0 Å². The number of hydrazine groups is 1. The third-order valence-corrected chi connectivity index (χ3v) is 10.6. The van der Waals surface area contributed by atoms with Gasteiger partial charge in [-0.25, -0.2) is 15.1 Å². The van der Waals surface area contributed by atoms with Crippen molar-refractivity contribution >= 4 is 24.8 Å². The first-order valence-corrected chi connectivity index (χ1v) is 19.5. The third-order valence-electron chi connectivity index (χ3n) is 10.6. The summed E-state index contributed by atoms with van der Waals surface area (Å²) in [7, 11) is -0.503. The van der Waals surface area contributed by atoms with E-state index in [0.717, 1.165) is 25.7 Å². The van der Waals surface area contributed by atoms with Crippen LogP contribution in [-0.4, -0.2) is 54.5 Å². The molecule has 1 heterocycles. The predicted octanol–water partition coefficient (Wildman–Crippen LogP) is 7.08. The largest absolute Gasteiger partial charge is 0.481 e. The van der Waals surface area contributed by atoms with Crippen LogP contribution in [-0.2, 0) is 18.9 Å². The van der Waals surface area contributed by atoms with Crippen molar-refractivity contribution in [3.05, 3.63) is 10.1 Å². The number of nitrogens with one attached hydrogen (secondary N) is 2. The van der Waals surface area contributed by atoms with Gasteiger partial charge in [-0.2, -0.15) is 0 Å². The summed E-state index contributed by atoms with van der Waals surface area (Å²) in [6, 6.07) is 0. The highest BCUT2D eigenvalue weighted by atomic mass is 16.7. The van der Waals surface area contributed by atoms with Gasteiger partial charge in [-0.1, -0.05) is 103 Å². The number of carbonyl (C=O) groups excluding carboxylic acids is 2. The van der Waals surface area contributed by atoms with Crippen LogP contribution >= 0.6 is 0 Å². The molecule has 0 radical (unpaired) electrons. The highest BCUT2D eigenvalue weighted by Crippen LogP contribution is 2.41. The van der Waals surface area contributed by atoms with Crippen molar-refractivity contribution in [3.63, 3.8) is 0 Å². The summed E-state index contributed by atoms with van der Waals surface area (Å²) in [6.45, 7) is 6.72. The molecular weight excluding hydrogens is 609 g/mol. The van der Waals surface area contributed by atoms with Crippen LogP contribution in [0.2, 0.25) is 0 Å². The number of hydrogen-bond acceptors (Lipinski definition) is 7. The van der Waals surface area contributed by atoms with Crippen LogP contribution in [0.1, 0.15) is 162 Å². The van der Waals surface area contributed by atoms with Crippen LogP contribution in [0.5, 0.6) is 0 Å². The Labute approximate surface area is 290 Å². The summed E-state index contributed by atoms with van der Waals surface area (Å²) in [5.74, 6) is 0.150. The molecule has 2 aliphatic carbocycles. The Morgan fingerprint density at radius 3 is 2.00 bits per heavy atom. The lowest BCUT2D eigenvalue weighted by molar-refractivity contribution is -0.525. The molecule has 0 aromatic heterocycles. The van der Waals surface area contributed by atoms with Crippen LogP contribution < -0.4 is 16.5 Å². The fourth-order valence-electron chi connectivity index (χ4n) is 8.07. The van der Waals surface area contributed by atoms with Gasteiger partial charge in [0.05, 0.1) is 18.1 Å². The van der Waals surface area contributed by atoms with Crippen LogP contribution in [0.15, 0.2) is 4.99 Å². The van der Waals surface area contributed by atoms with E-state index in [9.17, 15) is 19.7 Å². The van der Waals surface area contributed by atoms with Crippen LogP contribution in [0.4, 0.5) is 0 Å². The van der Waals surface area contributed by atoms with Gasteiger partial charge in [0.2, 0.25) is 5.91 Å². The van der Waals surface area contributed by atoms with E-state index < -0.39 is 18.1 Å². The average molecular weight is 676 g/mol. The molecule has 2 saturated carbocycles. The fraction of sp³-hybridized carbons (Fsp3) is 0.917. The minimum atomic E-state index is -0.753. The Bertz CT molecular complexity index is 962. The van der Waals surface area contributed by atoms with E-state index in [1.165, 1.54) is 89.9 Å². The first kappa shape index (κ1) is 40.2. The Morgan fingerprint density at radius 2 is 1.46 bits per heavy atom. The van der Waals surface area contributed by atoms with Gasteiger partial charge >= 0.3 is 7.12 Å². The highest BCUT2D eigenvalue weighted by molar-refractivity contribution is 6.47. The van der Waals surface area contributed by atoms with Crippen molar-refractivity contribution in [2.45, 2.75) is 180 Å². The van der Waals surface area contributed by atoms with E-state index in [1.54, 1.807) is 0 Å². The van der Waals surface area contributed by atoms with E-state index in [-0.39, 0.29) is 48.8 Å². The van der Waals surface area contributed by atoms with Gasteiger partial charge in [-0.05, 0) is 69.1 Å². The number of ketones is 1. The lowest BCUT2D eigenvalue weighted by Crippen LogP contribution is -2.50. The van der Waals surface area contributed by atoms with Crippen molar-refractivity contribution < 1.29 is 23.9 Å². The molecule has 1 amide bonds. The van der Waals surface area contributed by atoms with Crippen molar-refractivity contribution in [1.82, 2.24) is 10.7 Å². The molecular formula is C36H66BN5O6. The lowest BCUT2D eigenvalue weighted by atomic mass is 9.73. The molecule has 0 aromatic rings. The van der Waals surface area contributed by atoms with E-state index in [4.69, 9.17) is 15.0 Å². The van der Waals surface area contributed by atoms with Gasteiger partial charge in [-0.15, -0.1) is 0 Å². The molecule has 1 aliphatic heterocycles. The van der Waals surface area contributed by atoms with Crippen LogP contribution in [0.25, 0.3) is 0 Å². The Morgan fingerprint density at radius 1 is 0.896 bits per heavy atom. The third kappa shape index (κ3) is 14.7. The number of amides is 1. The smallest absolute Gasteiger partial charge is 0.404 e. The fourth-order valence-corrected chi connectivity index (χ4v) is 8.07. The summed E-state index contributed by atoms with van der Waals surface area (Å²) in [5, 5.41) is 13.2. The van der Waals surface area contributed by atoms with Gasteiger partial charge in [0, 0.05) is 25.3 Å². The molecule has 3 fully saturated rings. The van der Waals surface area contributed by atoms with Crippen LogP contribution in [0, 0.1) is 33.8 Å². The number of nitrogens with two attached hydrogens (primary N) is 1. The molecule has 0 unspecified atom stereocenters.